The molecule has 0 saturated heterocycles. The minimum Gasteiger partial charge on any atom is -0.350 e. The summed E-state index contributed by atoms with van der Waals surface area (Å²) in [6.07, 6.45) is 1.25. The van der Waals surface area contributed by atoms with Gasteiger partial charge in [0.25, 0.3) is 5.56 Å². The average Bonchev–Trinajstić information content (AvgIpc) is 2.62. The quantitative estimate of drug-likeness (QED) is 0.715. The van der Waals surface area contributed by atoms with Gasteiger partial charge in [-0.25, -0.2) is 4.79 Å². The fourth-order valence-electron chi connectivity index (χ4n) is 2.34. The maximum atomic E-state index is 12.1. The highest BCUT2D eigenvalue weighted by atomic mass is 16.2. The van der Waals surface area contributed by atoms with Crippen molar-refractivity contribution in [2.75, 3.05) is 5.32 Å². The third kappa shape index (κ3) is 4.56. The molecule has 2 N–H and O–H groups in total. The molecule has 0 bridgehead atoms. The van der Waals surface area contributed by atoms with Crippen molar-refractivity contribution in [3.05, 3.63) is 75.1 Å². The molecule has 0 unspecified atom stereocenters. The first-order chi connectivity index (χ1) is 12.3. The van der Waals surface area contributed by atoms with Crippen molar-refractivity contribution in [3.63, 3.8) is 0 Å². The molecule has 0 saturated carbocycles. The van der Waals surface area contributed by atoms with Crippen molar-refractivity contribution in [2.24, 2.45) is 14.1 Å². The molecular weight excluding hydrogens is 336 g/mol. The lowest BCUT2D eigenvalue weighted by Crippen LogP contribution is -2.39. The summed E-state index contributed by atoms with van der Waals surface area (Å²) >= 11 is 0. The maximum Gasteiger partial charge on any atom is 0.330 e. The molecule has 0 aliphatic rings. The molecule has 1 aromatic heterocycles. The van der Waals surface area contributed by atoms with Crippen LogP contribution in [0, 0.1) is 0 Å². The predicted octanol–water partition coefficient (Wildman–Crippen LogP) is 0.0674. The molecule has 1 aromatic carbocycles. The van der Waals surface area contributed by atoms with Crippen molar-refractivity contribution in [1.29, 1.82) is 0 Å². The van der Waals surface area contributed by atoms with Gasteiger partial charge in [-0.05, 0) is 23.8 Å². The van der Waals surface area contributed by atoms with Crippen LogP contribution in [0.4, 0.5) is 5.69 Å². The number of amides is 2. The molecule has 0 aliphatic carbocycles. The van der Waals surface area contributed by atoms with Crippen LogP contribution in [0.5, 0.6) is 0 Å². The molecule has 0 aliphatic heterocycles. The Kier molecular flexibility index (Phi) is 5.90. The SMILES string of the molecule is C=CC(=O)Nc1cccc(CC(=O)NCc2cc(=O)n(C)c(=O)n2C)c1. The fraction of sp³-hybridized carbons (Fsp3) is 0.222. The van der Waals surface area contributed by atoms with Gasteiger partial charge in [0.05, 0.1) is 13.0 Å². The standard InChI is InChI=1S/C18H20N4O4/c1-4-15(23)20-13-7-5-6-12(8-13)9-16(24)19-11-14-10-17(25)22(3)18(26)21(14)2/h4-8,10H,1,9,11H2,2-3H3,(H,19,24)(H,20,23). The number of aromatic nitrogens is 2. The number of anilines is 1. The Morgan fingerprint density at radius 3 is 2.58 bits per heavy atom. The average molecular weight is 356 g/mol. The number of rotatable bonds is 6. The van der Waals surface area contributed by atoms with Crippen LogP contribution in [0.15, 0.2) is 52.6 Å². The summed E-state index contributed by atoms with van der Waals surface area (Å²) in [5.74, 6) is -0.608. The molecule has 2 amide bonds. The van der Waals surface area contributed by atoms with Gasteiger partial charge in [-0.3, -0.25) is 23.5 Å². The predicted molar refractivity (Wildman–Crippen MR) is 97.7 cm³/mol. The summed E-state index contributed by atoms with van der Waals surface area (Å²) in [6.45, 7) is 3.44. The smallest absolute Gasteiger partial charge is 0.330 e. The number of benzene rings is 1. The van der Waals surface area contributed by atoms with E-state index < -0.39 is 11.2 Å². The van der Waals surface area contributed by atoms with Crippen LogP contribution in [-0.4, -0.2) is 20.9 Å². The van der Waals surface area contributed by atoms with E-state index in [9.17, 15) is 19.2 Å². The van der Waals surface area contributed by atoms with Gasteiger partial charge in [0.15, 0.2) is 0 Å². The van der Waals surface area contributed by atoms with Gasteiger partial charge in [-0.1, -0.05) is 18.7 Å². The summed E-state index contributed by atoms with van der Waals surface area (Å²) < 4.78 is 2.31. The van der Waals surface area contributed by atoms with Gasteiger partial charge < -0.3 is 10.6 Å². The number of carbonyl (C=O) groups excluding carboxylic acids is 2. The Morgan fingerprint density at radius 1 is 1.15 bits per heavy atom. The number of hydrogen-bond acceptors (Lipinski definition) is 4. The molecule has 26 heavy (non-hydrogen) atoms. The molecule has 136 valence electrons. The molecule has 0 spiro atoms. The van der Waals surface area contributed by atoms with E-state index >= 15 is 0 Å². The summed E-state index contributed by atoms with van der Waals surface area (Å²) in [5.41, 5.74) is 0.810. The first-order valence-corrected chi connectivity index (χ1v) is 7.87. The van der Waals surface area contributed by atoms with E-state index in [0.717, 1.165) is 10.6 Å². The molecule has 0 radical (unpaired) electrons. The Bertz CT molecular complexity index is 972. The normalized spacial score (nSPS) is 10.2. The largest absolute Gasteiger partial charge is 0.350 e. The topological polar surface area (TPSA) is 102 Å². The second-order valence-corrected chi connectivity index (χ2v) is 5.72. The summed E-state index contributed by atoms with van der Waals surface area (Å²) in [6, 6.07) is 8.20. The molecule has 0 atom stereocenters. The van der Waals surface area contributed by atoms with Crippen molar-refractivity contribution >= 4 is 17.5 Å². The van der Waals surface area contributed by atoms with E-state index in [2.05, 4.69) is 17.2 Å². The Hall–Kier alpha value is -3.42. The minimum atomic E-state index is -0.451. The van der Waals surface area contributed by atoms with Crippen LogP contribution in [0.3, 0.4) is 0 Å². The first kappa shape index (κ1) is 18.9. The zero-order valence-electron chi connectivity index (χ0n) is 14.6. The third-order valence-corrected chi connectivity index (χ3v) is 3.84. The van der Waals surface area contributed by atoms with Crippen molar-refractivity contribution in [1.82, 2.24) is 14.5 Å². The van der Waals surface area contributed by atoms with Crippen molar-refractivity contribution in [2.45, 2.75) is 13.0 Å². The molecule has 2 rings (SSSR count). The van der Waals surface area contributed by atoms with E-state index in [1.807, 2.05) is 0 Å². The lowest BCUT2D eigenvalue weighted by Gasteiger charge is -2.11. The van der Waals surface area contributed by atoms with Crippen molar-refractivity contribution in [3.8, 4) is 0 Å². The van der Waals surface area contributed by atoms with Gasteiger partial charge >= 0.3 is 5.69 Å². The van der Waals surface area contributed by atoms with Crippen LogP contribution >= 0.6 is 0 Å². The lowest BCUT2D eigenvalue weighted by molar-refractivity contribution is -0.120. The molecular formula is C18H20N4O4. The molecule has 1 heterocycles. The van der Waals surface area contributed by atoms with Crippen LogP contribution in [0.1, 0.15) is 11.3 Å². The zero-order chi connectivity index (χ0) is 19.3. The third-order valence-electron chi connectivity index (χ3n) is 3.84. The van der Waals surface area contributed by atoms with Gasteiger partial charge in [-0.2, -0.15) is 0 Å². The molecule has 8 heteroatoms. The lowest BCUT2D eigenvalue weighted by atomic mass is 10.1. The van der Waals surface area contributed by atoms with E-state index in [0.29, 0.717) is 16.9 Å². The molecule has 0 fully saturated rings. The van der Waals surface area contributed by atoms with E-state index in [4.69, 9.17) is 0 Å². The van der Waals surface area contributed by atoms with E-state index in [1.165, 1.54) is 24.7 Å². The van der Waals surface area contributed by atoms with Gasteiger partial charge in [0.1, 0.15) is 0 Å². The van der Waals surface area contributed by atoms with E-state index in [1.54, 1.807) is 24.3 Å². The van der Waals surface area contributed by atoms with Gasteiger partial charge in [0.2, 0.25) is 11.8 Å². The highest BCUT2D eigenvalue weighted by molar-refractivity contribution is 5.98. The minimum absolute atomic E-state index is 0.0630. The van der Waals surface area contributed by atoms with Crippen LogP contribution < -0.4 is 21.9 Å². The van der Waals surface area contributed by atoms with E-state index in [-0.39, 0.29) is 24.8 Å². The van der Waals surface area contributed by atoms with Crippen molar-refractivity contribution < 1.29 is 9.59 Å². The van der Waals surface area contributed by atoms with Gasteiger partial charge in [0, 0.05) is 31.5 Å². The zero-order valence-corrected chi connectivity index (χ0v) is 14.6. The second-order valence-electron chi connectivity index (χ2n) is 5.72. The maximum absolute atomic E-state index is 12.1. The number of nitrogens with one attached hydrogen (secondary N) is 2. The highest BCUT2D eigenvalue weighted by Gasteiger charge is 2.09. The summed E-state index contributed by atoms with van der Waals surface area (Å²) in [5, 5.41) is 5.31. The van der Waals surface area contributed by atoms with Crippen LogP contribution in [0.25, 0.3) is 0 Å². The Balaban J connectivity index is 2.03. The molecule has 2 aromatic rings. The number of nitrogens with zero attached hydrogens (tertiary/aromatic N) is 2. The molecule has 8 nitrogen and oxygen atoms in total. The Labute approximate surface area is 149 Å². The van der Waals surface area contributed by atoms with Crippen LogP contribution in [-0.2, 0) is 36.6 Å². The Morgan fingerprint density at radius 2 is 1.88 bits per heavy atom. The number of carbonyl (C=O) groups is 2. The highest BCUT2D eigenvalue weighted by Crippen LogP contribution is 2.11. The first-order valence-electron chi connectivity index (χ1n) is 7.87. The summed E-state index contributed by atoms with van der Waals surface area (Å²) in [7, 11) is 2.93. The van der Waals surface area contributed by atoms with Crippen LogP contribution in [0.2, 0.25) is 0 Å². The summed E-state index contributed by atoms with van der Waals surface area (Å²) in [4.78, 5) is 47.0. The second kappa shape index (κ2) is 8.11. The monoisotopic (exact) mass is 356 g/mol. The number of hydrogen-bond donors (Lipinski definition) is 2. The van der Waals surface area contributed by atoms with Gasteiger partial charge in [-0.15, -0.1) is 0 Å². The fourth-order valence-corrected chi connectivity index (χ4v) is 2.34.